The molecular weight excluding hydrogens is 246 g/mol. The minimum atomic E-state index is 0.108. The fraction of sp³-hybridized carbons (Fsp3) is 0.471. The van der Waals surface area contributed by atoms with Crippen LogP contribution in [0.2, 0.25) is 0 Å². The van der Waals surface area contributed by atoms with Crippen LogP contribution in [0.1, 0.15) is 51.8 Å². The largest absolute Gasteiger partial charge is 0.306 e. The summed E-state index contributed by atoms with van der Waals surface area (Å²) in [5.41, 5.74) is 3.81. The summed E-state index contributed by atoms with van der Waals surface area (Å²) in [5, 5.41) is 3.50. The molecule has 2 rings (SSSR count). The molecule has 20 heavy (non-hydrogen) atoms. The van der Waals surface area contributed by atoms with Crippen LogP contribution in [0.5, 0.6) is 0 Å². The lowest BCUT2D eigenvalue weighted by atomic mass is 10.0. The van der Waals surface area contributed by atoms with Crippen molar-refractivity contribution in [1.82, 2.24) is 14.9 Å². The molecule has 0 unspecified atom stereocenters. The molecule has 0 saturated heterocycles. The minimum Gasteiger partial charge on any atom is -0.306 e. The van der Waals surface area contributed by atoms with E-state index in [0.717, 1.165) is 12.2 Å². The van der Waals surface area contributed by atoms with Gasteiger partial charge < -0.3 is 9.88 Å². The van der Waals surface area contributed by atoms with E-state index in [4.69, 9.17) is 0 Å². The quantitative estimate of drug-likeness (QED) is 0.914. The molecule has 0 atom stereocenters. The molecule has 0 aliphatic carbocycles. The van der Waals surface area contributed by atoms with Crippen molar-refractivity contribution < 1.29 is 0 Å². The van der Waals surface area contributed by atoms with Crippen LogP contribution in [0.15, 0.2) is 36.8 Å². The molecule has 0 radical (unpaired) electrons. The van der Waals surface area contributed by atoms with Crippen LogP contribution in [-0.4, -0.2) is 15.1 Å². The molecule has 0 aliphatic rings. The van der Waals surface area contributed by atoms with Crippen LogP contribution < -0.4 is 5.32 Å². The van der Waals surface area contributed by atoms with Gasteiger partial charge in [-0.05, 0) is 44.4 Å². The molecular formula is C17H25N3. The zero-order valence-electron chi connectivity index (χ0n) is 13.1. The van der Waals surface area contributed by atoms with Gasteiger partial charge in [-0.3, -0.25) is 0 Å². The lowest BCUT2D eigenvalue weighted by Crippen LogP contribution is -2.35. The van der Waals surface area contributed by atoms with Crippen molar-refractivity contribution in [2.45, 2.75) is 52.6 Å². The average Bonchev–Trinajstić information content (AvgIpc) is 2.84. The van der Waals surface area contributed by atoms with E-state index in [2.05, 4.69) is 73.8 Å². The van der Waals surface area contributed by atoms with Gasteiger partial charge in [0, 0.05) is 24.0 Å². The summed E-state index contributed by atoms with van der Waals surface area (Å²) in [5.74, 6) is 0.564. The second kappa shape index (κ2) is 5.80. The predicted molar refractivity (Wildman–Crippen MR) is 84.2 cm³/mol. The standard InChI is InChI=1S/C17H25N3/c1-13(2)14-6-8-15(9-7-14)20-12-18-10-16(20)11-19-17(3,4)5/h6-10,12-13,19H,11H2,1-5H3. The Hall–Kier alpha value is -1.61. The molecule has 1 aromatic heterocycles. The van der Waals surface area contributed by atoms with Gasteiger partial charge in [0.25, 0.3) is 0 Å². The predicted octanol–water partition coefficient (Wildman–Crippen LogP) is 3.88. The summed E-state index contributed by atoms with van der Waals surface area (Å²) in [4.78, 5) is 4.28. The van der Waals surface area contributed by atoms with Crippen molar-refractivity contribution in [3.8, 4) is 5.69 Å². The van der Waals surface area contributed by atoms with E-state index in [1.165, 1.54) is 11.3 Å². The van der Waals surface area contributed by atoms with Gasteiger partial charge in [-0.15, -0.1) is 0 Å². The van der Waals surface area contributed by atoms with Gasteiger partial charge in [-0.2, -0.15) is 0 Å². The van der Waals surface area contributed by atoms with Gasteiger partial charge in [0.15, 0.2) is 0 Å². The lowest BCUT2D eigenvalue weighted by molar-refractivity contribution is 0.419. The molecule has 3 heteroatoms. The summed E-state index contributed by atoms with van der Waals surface area (Å²) >= 11 is 0. The summed E-state index contributed by atoms with van der Waals surface area (Å²) in [6.45, 7) is 11.8. The summed E-state index contributed by atoms with van der Waals surface area (Å²) in [7, 11) is 0. The fourth-order valence-corrected chi connectivity index (χ4v) is 2.06. The molecule has 0 spiro atoms. The van der Waals surface area contributed by atoms with Gasteiger partial charge in [0.2, 0.25) is 0 Å². The maximum absolute atomic E-state index is 4.28. The van der Waals surface area contributed by atoms with Gasteiger partial charge in [-0.1, -0.05) is 26.0 Å². The Balaban J connectivity index is 2.19. The number of nitrogens with zero attached hydrogens (tertiary/aromatic N) is 2. The topological polar surface area (TPSA) is 29.9 Å². The second-order valence-electron chi connectivity index (χ2n) is 6.60. The van der Waals surface area contributed by atoms with Crippen LogP contribution in [0.4, 0.5) is 0 Å². The van der Waals surface area contributed by atoms with Crippen molar-refractivity contribution in [3.05, 3.63) is 48.0 Å². The molecule has 3 nitrogen and oxygen atoms in total. The van der Waals surface area contributed by atoms with Crippen LogP contribution >= 0.6 is 0 Å². The molecule has 0 saturated carbocycles. The Morgan fingerprint density at radius 2 is 1.80 bits per heavy atom. The zero-order valence-corrected chi connectivity index (χ0v) is 13.1. The third kappa shape index (κ3) is 3.70. The third-order valence-electron chi connectivity index (χ3n) is 3.35. The first kappa shape index (κ1) is 14.8. The number of imidazole rings is 1. The van der Waals surface area contributed by atoms with E-state index >= 15 is 0 Å². The van der Waals surface area contributed by atoms with E-state index in [0.29, 0.717) is 5.92 Å². The van der Waals surface area contributed by atoms with Crippen molar-refractivity contribution in [1.29, 1.82) is 0 Å². The van der Waals surface area contributed by atoms with Gasteiger partial charge in [0.1, 0.15) is 0 Å². The first-order chi connectivity index (χ1) is 9.37. The highest BCUT2D eigenvalue weighted by Crippen LogP contribution is 2.18. The molecule has 108 valence electrons. The molecule has 1 N–H and O–H groups in total. The Morgan fingerprint density at radius 1 is 1.15 bits per heavy atom. The Kier molecular flexibility index (Phi) is 4.29. The number of aromatic nitrogens is 2. The Bertz CT molecular complexity index is 544. The number of hydrogen-bond acceptors (Lipinski definition) is 2. The smallest absolute Gasteiger partial charge is 0.0994 e. The van der Waals surface area contributed by atoms with E-state index in [1.54, 1.807) is 0 Å². The highest BCUT2D eigenvalue weighted by molar-refractivity contribution is 5.37. The maximum atomic E-state index is 4.28. The van der Waals surface area contributed by atoms with Crippen LogP contribution in [-0.2, 0) is 6.54 Å². The van der Waals surface area contributed by atoms with Crippen molar-refractivity contribution >= 4 is 0 Å². The molecule has 1 heterocycles. The summed E-state index contributed by atoms with van der Waals surface area (Å²) < 4.78 is 2.14. The third-order valence-corrected chi connectivity index (χ3v) is 3.35. The normalized spacial score (nSPS) is 12.1. The van der Waals surface area contributed by atoms with E-state index < -0.39 is 0 Å². The molecule has 0 amide bonds. The van der Waals surface area contributed by atoms with Crippen molar-refractivity contribution in [2.75, 3.05) is 0 Å². The van der Waals surface area contributed by atoms with Crippen molar-refractivity contribution in [3.63, 3.8) is 0 Å². The monoisotopic (exact) mass is 271 g/mol. The van der Waals surface area contributed by atoms with E-state index in [1.807, 2.05) is 12.5 Å². The Morgan fingerprint density at radius 3 is 2.35 bits per heavy atom. The molecule has 1 aromatic carbocycles. The highest BCUT2D eigenvalue weighted by atomic mass is 15.1. The average molecular weight is 271 g/mol. The number of rotatable bonds is 4. The summed E-state index contributed by atoms with van der Waals surface area (Å²) in [6, 6.07) is 8.72. The van der Waals surface area contributed by atoms with E-state index in [-0.39, 0.29) is 5.54 Å². The minimum absolute atomic E-state index is 0.108. The number of hydrogen-bond donors (Lipinski definition) is 1. The second-order valence-corrected chi connectivity index (χ2v) is 6.60. The lowest BCUT2D eigenvalue weighted by Gasteiger charge is -2.21. The first-order valence-electron chi connectivity index (χ1n) is 7.23. The van der Waals surface area contributed by atoms with Gasteiger partial charge in [0.05, 0.1) is 12.0 Å². The first-order valence-corrected chi connectivity index (χ1v) is 7.23. The SMILES string of the molecule is CC(C)c1ccc(-n2cncc2CNC(C)(C)C)cc1. The molecule has 2 aromatic rings. The number of nitrogens with one attached hydrogen (secondary N) is 1. The summed E-state index contributed by atoms with van der Waals surface area (Å²) in [6.07, 6.45) is 3.80. The van der Waals surface area contributed by atoms with Crippen LogP contribution in [0.25, 0.3) is 5.69 Å². The Labute approximate surface area is 122 Å². The zero-order chi connectivity index (χ0) is 14.8. The molecule has 0 bridgehead atoms. The highest BCUT2D eigenvalue weighted by Gasteiger charge is 2.11. The van der Waals surface area contributed by atoms with Crippen LogP contribution in [0, 0.1) is 0 Å². The number of benzene rings is 1. The van der Waals surface area contributed by atoms with Crippen LogP contribution in [0.3, 0.4) is 0 Å². The van der Waals surface area contributed by atoms with Gasteiger partial charge >= 0.3 is 0 Å². The van der Waals surface area contributed by atoms with E-state index in [9.17, 15) is 0 Å². The maximum Gasteiger partial charge on any atom is 0.0994 e. The molecule has 0 fully saturated rings. The van der Waals surface area contributed by atoms with Gasteiger partial charge in [-0.25, -0.2) is 4.98 Å². The fourth-order valence-electron chi connectivity index (χ4n) is 2.06. The van der Waals surface area contributed by atoms with Crippen molar-refractivity contribution in [2.24, 2.45) is 0 Å². The molecule has 0 aliphatic heterocycles.